The van der Waals surface area contributed by atoms with Crippen molar-refractivity contribution in [1.82, 2.24) is 9.88 Å². The molecule has 0 bridgehead atoms. The summed E-state index contributed by atoms with van der Waals surface area (Å²) in [6, 6.07) is 10.2. The maximum absolute atomic E-state index is 11.7. The fourth-order valence-electron chi connectivity index (χ4n) is 2.20. The SMILES string of the molecule is N#Cc1ccc2ccn(CCC(=O)NC3CC3)c2c1. The van der Waals surface area contributed by atoms with Crippen molar-refractivity contribution in [2.24, 2.45) is 0 Å². The van der Waals surface area contributed by atoms with Crippen molar-refractivity contribution in [3.63, 3.8) is 0 Å². The van der Waals surface area contributed by atoms with Crippen LogP contribution >= 0.6 is 0 Å². The lowest BCUT2D eigenvalue weighted by molar-refractivity contribution is -0.121. The van der Waals surface area contributed by atoms with Gasteiger partial charge in [0.25, 0.3) is 0 Å². The zero-order chi connectivity index (χ0) is 13.2. The number of hydrogen-bond acceptors (Lipinski definition) is 2. The molecule has 1 amide bonds. The summed E-state index contributed by atoms with van der Waals surface area (Å²) in [6.07, 6.45) is 4.68. The van der Waals surface area contributed by atoms with E-state index in [4.69, 9.17) is 5.26 Å². The minimum absolute atomic E-state index is 0.112. The Morgan fingerprint density at radius 3 is 3.00 bits per heavy atom. The van der Waals surface area contributed by atoms with Crippen molar-refractivity contribution in [3.05, 3.63) is 36.0 Å². The maximum atomic E-state index is 11.7. The Labute approximate surface area is 111 Å². The normalized spacial score (nSPS) is 14.3. The molecular weight excluding hydrogens is 238 g/mol. The molecule has 0 spiro atoms. The molecule has 1 saturated carbocycles. The molecule has 0 aliphatic heterocycles. The van der Waals surface area contributed by atoms with Crippen molar-refractivity contribution in [2.45, 2.75) is 31.8 Å². The van der Waals surface area contributed by atoms with Gasteiger partial charge < -0.3 is 9.88 Å². The van der Waals surface area contributed by atoms with E-state index >= 15 is 0 Å². The number of nitriles is 1. The van der Waals surface area contributed by atoms with Gasteiger partial charge in [0.1, 0.15) is 0 Å². The number of aromatic nitrogens is 1. The lowest BCUT2D eigenvalue weighted by atomic mass is 10.2. The van der Waals surface area contributed by atoms with Gasteiger partial charge in [-0.3, -0.25) is 4.79 Å². The van der Waals surface area contributed by atoms with Crippen LogP contribution in [0.2, 0.25) is 0 Å². The van der Waals surface area contributed by atoms with Gasteiger partial charge in [-0.05, 0) is 36.4 Å². The lowest BCUT2D eigenvalue weighted by Gasteiger charge is -2.06. The van der Waals surface area contributed by atoms with E-state index in [-0.39, 0.29) is 5.91 Å². The van der Waals surface area contributed by atoms with E-state index in [0.717, 1.165) is 23.7 Å². The topological polar surface area (TPSA) is 57.8 Å². The molecule has 0 saturated heterocycles. The zero-order valence-electron chi connectivity index (χ0n) is 10.6. The molecule has 4 nitrogen and oxygen atoms in total. The van der Waals surface area contributed by atoms with Crippen LogP contribution in [0, 0.1) is 11.3 Å². The van der Waals surface area contributed by atoms with Gasteiger partial charge in [0.15, 0.2) is 0 Å². The summed E-state index contributed by atoms with van der Waals surface area (Å²) in [7, 11) is 0. The van der Waals surface area contributed by atoms with E-state index < -0.39 is 0 Å². The first-order valence-electron chi connectivity index (χ1n) is 6.54. The quantitative estimate of drug-likeness (QED) is 0.908. The van der Waals surface area contributed by atoms with Crippen molar-refractivity contribution in [2.75, 3.05) is 0 Å². The Bertz CT molecular complexity index is 662. The molecule has 1 aliphatic rings. The molecule has 19 heavy (non-hydrogen) atoms. The Kier molecular flexibility index (Phi) is 2.96. The smallest absolute Gasteiger partial charge is 0.222 e. The van der Waals surface area contributed by atoms with Crippen LogP contribution in [0.4, 0.5) is 0 Å². The van der Waals surface area contributed by atoms with E-state index in [1.807, 2.05) is 35.0 Å². The van der Waals surface area contributed by atoms with Gasteiger partial charge in [0.2, 0.25) is 5.91 Å². The average molecular weight is 253 g/mol. The summed E-state index contributed by atoms with van der Waals surface area (Å²) in [4.78, 5) is 11.7. The Morgan fingerprint density at radius 2 is 2.26 bits per heavy atom. The summed E-state index contributed by atoms with van der Waals surface area (Å²) in [5.41, 5.74) is 1.66. The van der Waals surface area contributed by atoms with Crippen LogP contribution in [0.15, 0.2) is 30.5 Å². The third-order valence-corrected chi connectivity index (χ3v) is 3.43. The average Bonchev–Trinajstić information content (AvgIpc) is 3.14. The van der Waals surface area contributed by atoms with Gasteiger partial charge >= 0.3 is 0 Å². The molecule has 3 rings (SSSR count). The minimum Gasteiger partial charge on any atom is -0.353 e. The standard InChI is InChI=1S/C15H15N3O/c16-10-11-1-2-12-5-7-18(14(12)9-11)8-6-15(19)17-13-3-4-13/h1-2,5,7,9,13H,3-4,6,8H2,(H,17,19). The molecule has 2 aromatic rings. The molecule has 1 N–H and O–H groups in total. The van der Waals surface area contributed by atoms with Crippen LogP contribution in [0.3, 0.4) is 0 Å². The van der Waals surface area contributed by atoms with Gasteiger partial charge in [0, 0.05) is 30.7 Å². The predicted molar refractivity (Wildman–Crippen MR) is 72.4 cm³/mol. The largest absolute Gasteiger partial charge is 0.353 e. The van der Waals surface area contributed by atoms with Crippen molar-refractivity contribution < 1.29 is 4.79 Å². The molecule has 1 aliphatic carbocycles. The second kappa shape index (κ2) is 4.77. The van der Waals surface area contributed by atoms with Crippen LogP contribution in [0.5, 0.6) is 0 Å². The second-order valence-corrected chi connectivity index (χ2v) is 4.99. The second-order valence-electron chi connectivity index (χ2n) is 4.99. The number of carbonyl (C=O) groups is 1. The van der Waals surface area contributed by atoms with E-state index in [2.05, 4.69) is 11.4 Å². The Morgan fingerprint density at radius 1 is 1.42 bits per heavy atom. The number of hydrogen-bond donors (Lipinski definition) is 1. The van der Waals surface area contributed by atoms with Gasteiger partial charge in [-0.2, -0.15) is 5.26 Å². The highest BCUT2D eigenvalue weighted by molar-refractivity contribution is 5.82. The third-order valence-electron chi connectivity index (χ3n) is 3.43. The van der Waals surface area contributed by atoms with Crippen molar-refractivity contribution in [3.8, 4) is 6.07 Å². The van der Waals surface area contributed by atoms with Crippen LogP contribution in [-0.4, -0.2) is 16.5 Å². The van der Waals surface area contributed by atoms with E-state index in [1.54, 1.807) is 0 Å². The molecule has 0 unspecified atom stereocenters. The van der Waals surface area contributed by atoms with Crippen LogP contribution in [0.25, 0.3) is 10.9 Å². The molecule has 1 heterocycles. The fourth-order valence-corrected chi connectivity index (χ4v) is 2.20. The first kappa shape index (κ1) is 11.8. The van der Waals surface area contributed by atoms with Gasteiger partial charge in [-0.15, -0.1) is 0 Å². The Hall–Kier alpha value is -2.28. The highest BCUT2D eigenvalue weighted by Gasteiger charge is 2.22. The number of aryl methyl sites for hydroxylation is 1. The van der Waals surface area contributed by atoms with Gasteiger partial charge in [-0.1, -0.05) is 6.07 Å². The van der Waals surface area contributed by atoms with E-state index in [1.165, 1.54) is 0 Å². The van der Waals surface area contributed by atoms with Crippen LogP contribution in [-0.2, 0) is 11.3 Å². The number of fused-ring (bicyclic) bond motifs is 1. The molecule has 0 radical (unpaired) electrons. The number of rotatable bonds is 4. The first-order valence-corrected chi connectivity index (χ1v) is 6.54. The highest BCUT2D eigenvalue weighted by atomic mass is 16.1. The maximum Gasteiger partial charge on any atom is 0.222 e. The van der Waals surface area contributed by atoms with Gasteiger partial charge in [0.05, 0.1) is 11.6 Å². The van der Waals surface area contributed by atoms with Crippen LogP contribution < -0.4 is 5.32 Å². The summed E-state index contributed by atoms with van der Waals surface area (Å²) >= 11 is 0. The molecule has 1 aromatic carbocycles. The fraction of sp³-hybridized carbons (Fsp3) is 0.333. The molecule has 1 aromatic heterocycles. The number of benzene rings is 1. The monoisotopic (exact) mass is 253 g/mol. The van der Waals surface area contributed by atoms with Crippen LogP contribution in [0.1, 0.15) is 24.8 Å². The molecule has 96 valence electrons. The van der Waals surface area contributed by atoms with Crippen molar-refractivity contribution >= 4 is 16.8 Å². The Balaban J connectivity index is 1.73. The van der Waals surface area contributed by atoms with Crippen molar-refractivity contribution in [1.29, 1.82) is 5.26 Å². The predicted octanol–water partition coefficient (Wildman–Crippen LogP) is 2.18. The lowest BCUT2D eigenvalue weighted by Crippen LogP contribution is -2.26. The highest BCUT2D eigenvalue weighted by Crippen LogP contribution is 2.20. The zero-order valence-corrected chi connectivity index (χ0v) is 10.6. The third kappa shape index (κ3) is 2.60. The number of nitrogens with one attached hydrogen (secondary N) is 1. The van der Waals surface area contributed by atoms with E-state index in [0.29, 0.717) is 24.6 Å². The molecule has 4 heteroatoms. The summed E-state index contributed by atoms with van der Waals surface area (Å²) < 4.78 is 2.03. The summed E-state index contributed by atoms with van der Waals surface area (Å²) in [5.74, 6) is 0.112. The molecule has 0 atom stereocenters. The summed E-state index contributed by atoms with van der Waals surface area (Å²) in [5, 5.41) is 13.0. The minimum atomic E-state index is 0.112. The first-order chi connectivity index (χ1) is 9.26. The number of amides is 1. The van der Waals surface area contributed by atoms with Gasteiger partial charge in [-0.25, -0.2) is 0 Å². The number of carbonyl (C=O) groups excluding carboxylic acids is 1. The summed E-state index contributed by atoms with van der Waals surface area (Å²) in [6.45, 7) is 0.650. The molecular formula is C15H15N3O. The molecule has 1 fully saturated rings. The number of nitrogens with zero attached hydrogens (tertiary/aromatic N) is 2. The van der Waals surface area contributed by atoms with E-state index in [9.17, 15) is 4.79 Å².